The molecule has 1 unspecified atom stereocenters. The normalized spacial score (nSPS) is 16.1. The molecule has 0 aromatic heterocycles. The van der Waals surface area contributed by atoms with Gasteiger partial charge in [-0.05, 0) is 80.0 Å². The van der Waals surface area contributed by atoms with E-state index in [-0.39, 0.29) is 23.6 Å². The van der Waals surface area contributed by atoms with Crippen LogP contribution in [0.1, 0.15) is 46.9 Å². The van der Waals surface area contributed by atoms with Gasteiger partial charge in [-0.25, -0.2) is 4.39 Å². The molecule has 1 atom stereocenters. The molecular weight excluding hydrogens is 458 g/mol. The predicted octanol–water partition coefficient (Wildman–Crippen LogP) is 6.95. The van der Waals surface area contributed by atoms with Crippen LogP contribution in [0.4, 0.5) is 17.6 Å². The minimum Gasteiger partial charge on any atom is -0.486 e. The van der Waals surface area contributed by atoms with Crippen molar-refractivity contribution in [3.63, 3.8) is 0 Å². The maximum atomic E-state index is 13.1. The molecule has 35 heavy (non-hydrogen) atoms. The maximum Gasteiger partial charge on any atom is 0.416 e. The monoisotopic (exact) mass is 485 g/mol. The Morgan fingerprint density at radius 3 is 2.14 bits per heavy atom. The number of alkyl halides is 3. The Balaban J connectivity index is 1.34. The number of hydrogen-bond acceptors (Lipinski definition) is 3. The van der Waals surface area contributed by atoms with Crippen LogP contribution < -0.4 is 4.74 Å². The van der Waals surface area contributed by atoms with Crippen molar-refractivity contribution in [3.05, 3.63) is 101 Å². The molecule has 184 valence electrons. The third-order valence-corrected chi connectivity index (χ3v) is 6.43. The first-order chi connectivity index (χ1) is 16.8. The molecule has 4 rings (SSSR count). The summed E-state index contributed by atoms with van der Waals surface area (Å²) in [6, 6.07) is 20.1. The molecule has 1 fully saturated rings. The van der Waals surface area contributed by atoms with Crippen molar-refractivity contribution >= 4 is 5.78 Å². The number of ketones is 1. The number of benzene rings is 3. The van der Waals surface area contributed by atoms with Gasteiger partial charge in [-0.1, -0.05) is 30.3 Å². The lowest BCUT2D eigenvalue weighted by Crippen LogP contribution is -2.37. The summed E-state index contributed by atoms with van der Waals surface area (Å²) >= 11 is 0. The average Bonchev–Trinajstić information content (AvgIpc) is 2.87. The van der Waals surface area contributed by atoms with E-state index in [1.807, 2.05) is 30.3 Å². The summed E-state index contributed by atoms with van der Waals surface area (Å²) in [6.45, 7) is 2.26. The first kappa shape index (κ1) is 24.9. The molecule has 0 N–H and O–H groups in total. The lowest BCUT2D eigenvalue weighted by molar-refractivity contribution is -0.137. The lowest BCUT2D eigenvalue weighted by atomic mass is 9.88. The minimum absolute atomic E-state index is 0.0532. The van der Waals surface area contributed by atoms with Gasteiger partial charge in [0, 0.05) is 24.4 Å². The first-order valence-corrected chi connectivity index (χ1v) is 11.7. The topological polar surface area (TPSA) is 29.5 Å². The summed E-state index contributed by atoms with van der Waals surface area (Å²) < 4.78 is 57.9. The Morgan fingerprint density at radius 2 is 1.54 bits per heavy atom. The van der Waals surface area contributed by atoms with Crippen LogP contribution in [0.15, 0.2) is 78.9 Å². The number of ether oxygens (including phenoxy) is 1. The van der Waals surface area contributed by atoms with E-state index in [1.54, 1.807) is 0 Å². The van der Waals surface area contributed by atoms with Crippen molar-refractivity contribution in [1.82, 2.24) is 4.90 Å². The smallest absolute Gasteiger partial charge is 0.416 e. The van der Waals surface area contributed by atoms with Crippen LogP contribution in [-0.4, -0.2) is 30.3 Å². The minimum atomic E-state index is -4.39. The van der Waals surface area contributed by atoms with Crippen LogP contribution in [0.2, 0.25) is 0 Å². The van der Waals surface area contributed by atoms with Gasteiger partial charge < -0.3 is 9.64 Å². The van der Waals surface area contributed by atoms with Gasteiger partial charge in [0.1, 0.15) is 17.7 Å². The van der Waals surface area contributed by atoms with Crippen molar-refractivity contribution in [2.45, 2.75) is 31.5 Å². The number of nitrogens with zero attached hydrogens (tertiary/aromatic N) is 1. The lowest BCUT2D eigenvalue weighted by Gasteiger charge is -2.32. The number of likely N-dealkylation sites (tertiary alicyclic amines) is 1. The quantitative estimate of drug-likeness (QED) is 0.255. The van der Waals surface area contributed by atoms with Gasteiger partial charge in [-0.3, -0.25) is 4.79 Å². The van der Waals surface area contributed by atoms with Gasteiger partial charge in [0.05, 0.1) is 5.56 Å². The van der Waals surface area contributed by atoms with E-state index < -0.39 is 11.7 Å². The van der Waals surface area contributed by atoms with Crippen LogP contribution in [0.5, 0.6) is 5.75 Å². The molecule has 0 spiro atoms. The zero-order chi connectivity index (χ0) is 24.8. The molecule has 3 nitrogen and oxygen atoms in total. The van der Waals surface area contributed by atoms with Crippen LogP contribution in [0.3, 0.4) is 0 Å². The Morgan fingerprint density at radius 1 is 0.914 bits per heavy atom. The zero-order valence-corrected chi connectivity index (χ0v) is 19.2. The largest absolute Gasteiger partial charge is 0.486 e. The summed E-state index contributed by atoms with van der Waals surface area (Å²) in [5.74, 6) is 0.000729. The Bertz CT molecular complexity index is 1090. The summed E-state index contributed by atoms with van der Waals surface area (Å²) in [7, 11) is 0. The second-order valence-corrected chi connectivity index (χ2v) is 8.82. The van der Waals surface area contributed by atoms with Crippen LogP contribution >= 0.6 is 0 Å². The highest BCUT2D eigenvalue weighted by Gasteiger charge is 2.30. The van der Waals surface area contributed by atoms with Crippen molar-refractivity contribution in [2.24, 2.45) is 5.92 Å². The van der Waals surface area contributed by atoms with E-state index in [1.165, 1.54) is 36.4 Å². The number of rotatable bonds is 8. The van der Waals surface area contributed by atoms with Gasteiger partial charge in [-0.2, -0.15) is 13.2 Å². The molecule has 1 saturated heterocycles. The first-order valence-electron chi connectivity index (χ1n) is 11.7. The molecule has 0 amide bonds. The Kier molecular flexibility index (Phi) is 7.86. The van der Waals surface area contributed by atoms with Gasteiger partial charge in [-0.15, -0.1) is 0 Å². The molecule has 0 aliphatic carbocycles. The number of hydrogen-bond donors (Lipinski definition) is 0. The highest BCUT2D eigenvalue weighted by atomic mass is 19.4. The molecule has 0 bridgehead atoms. The second kappa shape index (κ2) is 11.0. The van der Waals surface area contributed by atoms with Crippen LogP contribution in [0.25, 0.3) is 0 Å². The van der Waals surface area contributed by atoms with Gasteiger partial charge in [0.2, 0.25) is 0 Å². The third kappa shape index (κ3) is 6.69. The summed E-state index contributed by atoms with van der Waals surface area (Å²) in [6.07, 6.45) is -2.59. The van der Waals surface area contributed by atoms with E-state index in [0.29, 0.717) is 17.7 Å². The van der Waals surface area contributed by atoms with E-state index in [0.717, 1.165) is 50.2 Å². The van der Waals surface area contributed by atoms with E-state index in [4.69, 9.17) is 4.74 Å². The molecular formula is C28H27F4NO2. The van der Waals surface area contributed by atoms with E-state index in [2.05, 4.69) is 4.90 Å². The SMILES string of the molecule is O=C(c1ccc(F)cc1)C1CCN(CCC(Oc2ccc(C(F)(F)F)cc2)c2ccccc2)CC1. The average molecular weight is 486 g/mol. The highest BCUT2D eigenvalue weighted by Crippen LogP contribution is 2.32. The molecule has 0 saturated carbocycles. The fraction of sp³-hybridized carbons (Fsp3) is 0.321. The fourth-order valence-corrected chi connectivity index (χ4v) is 4.42. The Hall–Kier alpha value is -3.19. The number of carbonyl (C=O) groups is 1. The molecule has 3 aromatic rings. The van der Waals surface area contributed by atoms with Crippen molar-refractivity contribution in [1.29, 1.82) is 0 Å². The highest BCUT2D eigenvalue weighted by molar-refractivity contribution is 5.97. The standard InChI is InChI=1S/C28H27F4NO2/c29-24-10-6-21(7-11-24)27(34)22-14-17-33(18-15-22)19-16-26(20-4-2-1-3-5-20)35-25-12-8-23(9-13-25)28(30,31)32/h1-13,22,26H,14-19H2. The number of halogens is 4. The molecule has 1 aliphatic heterocycles. The van der Waals surface area contributed by atoms with Gasteiger partial charge in [0.25, 0.3) is 0 Å². The number of carbonyl (C=O) groups excluding carboxylic acids is 1. The number of Topliss-reactive ketones (excluding diaryl/α,β-unsaturated/α-hetero) is 1. The number of piperidine rings is 1. The van der Waals surface area contributed by atoms with Gasteiger partial charge >= 0.3 is 6.18 Å². The fourth-order valence-electron chi connectivity index (χ4n) is 4.42. The molecule has 1 aliphatic rings. The molecule has 7 heteroatoms. The van der Waals surface area contributed by atoms with E-state index in [9.17, 15) is 22.4 Å². The summed E-state index contributed by atoms with van der Waals surface area (Å²) in [4.78, 5) is 15.0. The predicted molar refractivity (Wildman–Crippen MR) is 126 cm³/mol. The maximum absolute atomic E-state index is 13.1. The van der Waals surface area contributed by atoms with Crippen LogP contribution in [-0.2, 0) is 6.18 Å². The summed E-state index contributed by atoms with van der Waals surface area (Å²) in [5.41, 5.74) is 0.784. The third-order valence-electron chi connectivity index (χ3n) is 6.43. The molecule has 3 aromatic carbocycles. The molecule has 1 heterocycles. The van der Waals surface area contributed by atoms with Crippen molar-refractivity contribution in [3.8, 4) is 5.75 Å². The van der Waals surface area contributed by atoms with Crippen LogP contribution in [0, 0.1) is 11.7 Å². The molecule has 0 radical (unpaired) electrons. The van der Waals surface area contributed by atoms with Crippen molar-refractivity contribution < 1.29 is 27.1 Å². The second-order valence-electron chi connectivity index (χ2n) is 8.82. The zero-order valence-electron chi connectivity index (χ0n) is 19.2. The Labute approximate surface area is 202 Å². The van der Waals surface area contributed by atoms with E-state index >= 15 is 0 Å². The van der Waals surface area contributed by atoms with Gasteiger partial charge in [0.15, 0.2) is 5.78 Å². The van der Waals surface area contributed by atoms with Crippen molar-refractivity contribution in [2.75, 3.05) is 19.6 Å². The summed E-state index contributed by atoms with van der Waals surface area (Å²) in [5, 5.41) is 0.